The van der Waals surface area contributed by atoms with Gasteiger partial charge in [0.25, 0.3) is 0 Å². The number of esters is 1. The molecule has 3 heteroatoms. The largest absolute Gasteiger partial charge is 0.465 e. The number of ether oxygens (including phenoxy) is 2. The van der Waals surface area contributed by atoms with Crippen LogP contribution in [0.3, 0.4) is 0 Å². The first-order valence-corrected chi connectivity index (χ1v) is 5.42. The molecule has 0 N–H and O–H groups in total. The van der Waals surface area contributed by atoms with E-state index in [4.69, 9.17) is 9.47 Å². The Bertz CT molecular complexity index is 276. The number of methoxy groups -OCH3 is 1. The Labute approximate surface area is 83.8 Å². The van der Waals surface area contributed by atoms with Crippen LogP contribution >= 0.6 is 0 Å². The third-order valence-corrected chi connectivity index (χ3v) is 4.40. The van der Waals surface area contributed by atoms with Gasteiger partial charge in [0.1, 0.15) is 0 Å². The van der Waals surface area contributed by atoms with Crippen LogP contribution in [0.4, 0.5) is 0 Å². The van der Waals surface area contributed by atoms with Gasteiger partial charge in [-0.25, -0.2) is 0 Å². The molecule has 3 aliphatic rings. The molecule has 3 rings (SSSR count). The summed E-state index contributed by atoms with van der Waals surface area (Å²) in [6.45, 7) is 0.646. The van der Waals surface area contributed by atoms with Crippen LogP contribution in [0.5, 0.6) is 0 Å². The summed E-state index contributed by atoms with van der Waals surface area (Å²) in [7, 11) is 1.79. The maximum atomic E-state index is 11.2. The SMILES string of the molecule is COC1CC2CC1C1(COC(=O)C1)C2. The van der Waals surface area contributed by atoms with Crippen molar-refractivity contribution in [3.05, 3.63) is 0 Å². The van der Waals surface area contributed by atoms with Gasteiger partial charge in [-0.15, -0.1) is 0 Å². The molecule has 2 saturated carbocycles. The Morgan fingerprint density at radius 1 is 1.50 bits per heavy atom. The highest BCUT2D eigenvalue weighted by Gasteiger charge is 2.59. The van der Waals surface area contributed by atoms with E-state index in [-0.39, 0.29) is 11.4 Å². The monoisotopic (exact) mass is 196 g/mol. The van der Waals surface area contributed by atoms with E-state index in [0.29, 0.717) is 25.0 Å². The van der Waals surface area contributed by atoms with Crippen molar-refractivity contribution in [3.63, 3.8) is 0 Å². The number of cyclic esters (lactones) is 1. The fourth-order valence-corrected chi connectivity index (χ4v) is 3.88. The maximum Gasteiger partial charge on any atom is 0.306 e. The molecule has 3 nitrogen and oxygen atoms in total. The van der Waals surface area contributed by atoms with Crippen LogP contribution in [0.1, 0.15) is 25.7 Å². The Kier molecular flexibility index (Phi) is 1.69. The molecule has 1 saturated heterocycles. The Morgan fingerprint density at radius 3 is 2.93 bits per heavy atom. The molecule has 1 aliphatic heterocycles. The van der Waals surface area contributed by atoms with E-state index in [1.807, 2.05) is 0 Å². The second-order valence-corrected chi connectivity index (χ2v) is 5.12. The third-order valence-electron chi connectivity index (χ3n) is 4.40. The summed E-state index contributed by atoms with van der Waals surface area (Å²) in [6.07, 6.45) is 4.63. The predicted molar refractivity (Wildman–Crippen MR) is 49.6 cm³/mol. The summed E-state index contributed by atoms with van der Waals surface area (Å²) in [5.41, 5.74) is 0.153. The molecule has 1 heterocycles. The molecule has 0 amide bonds. The van der Waals surface area contributed by atoms with E-state index >= 15 is 0 Å². The van der Waals surface area contributed by atoms with Crippen molar-refractivity contribution in [1.29, 1.82) is 0 Å². The first kappa shape index (κ1) is 8.72. The van der Waals surface area contributed by atoms with Crippen molar-refractivity contribution in [2.24, 2.45) is 17.3 Å². The Morgan fingerprint density at radius 2 is 2.36 bits per heavy atom. The second-order valence-electron chi connectivity index (χ2n) is 5.12. The zero-order valence-corrected chi connectivity index (χ0v) is 8.49. The Balaban J connectivity index is 1.86. The standard InChI is InChI=1S/C11H16O3/c1-13-9-3-7-2-8(9)11(4-7)5-10(12)14-6-11/h7-9H,2-6H2,1H3. The smallest absolute Gasteiger partial charge is 0.306 e. The van der Waals surface area contributed by atoms with Crippen LogP contribution in [-0.2, 0) is 14.3 Å². The summed E-state index contributed by atoms with van der Waals surface area (Å²) in [5.74, 6) is 1.34. The summed E-state index contributed by atoms with van der Waals surface area (Å²) in [6, 6.07) is 0. The highest BCUT2D eigenvalue weighted by atomic mass is 16.5. The number of carbonyl (C=O) groups excluding carboxylic acids is 1. The number of rotatable bonds is 1. The van der Waals surface area contributed by atoms with E-state index in [1.165, 1.54) is 19.3 Å². The van der Waals surface area contributed by atoms with Gasteiger partial charge in [0.05, 0.1) is 19.1 Å². The molecule has 0 aromatic carbocycles. The molecule has 4 atom stereocenters. The predicted octanol–water partition coefficient (Wildman–Crippen LogP) is 1.36. The Hall–Kier alpha value is -0.570. The molecule has 0 aromatic heterocycles. The minimum absolute atomic E-state index is 0.00703. The molecule has 78 valence electrons. The van der Waals surface area contributed by atoms with E-state index in [1.54, 1.807) is 7.11 Å². The van der Waals surface area contributed by atoms with Gasteiger partial charge in [-0.2, -0.15) is 0 Å². The molecule has 4 unspecified atom stereocenters. The zero-order chi connectivity index (χ0) is 9.76. The third kappa shape index (κ3) is 0.991. The lowest BCUT2D eigenvalue weighted by Crippen LogP contribution is -2.37. The fourth-order valence-electron chi connectivity index (χ4n) is 3.88. The maximum absolute atomic E-state index is 11.2. The van der Waals surface area contributed by atoms with E-state index < -0.39 is 0 Å². The van der Waals surface area contributed by atoms with Gasteiger partial charge in [-0.05, 0) is 31.1 Å². The molecule has 1 spiro atoms. The molecule has 0 radical (unpaired) electrons. The molecule has 3 fully saturated rings. The van der Waals surface area contributed by atoms with Gasteiger partial charge in [0, 0.05) is 12.5 Å². The normalized spacial score (nSPS) is 50.4. The molecule has 2 aliphatic carbocycles. The highest BCUT2D eigenvalue weighted by molar-refractivity contribution is 5.72. The van der Waals surface area contributed by atoms with Crippen LogP contribution in [0.25, 0.3) is 0 Å². The average molecular weight is 196 g/mol. The van der Waals surface area contributed by atoms with Crippen LogP contribution in [-0.4, -0.2) is 25.8 Å². The van der Waals surface area contributed by atoms with Crippen molar-refractivity contribution in [3.8, 4) is 0 Å². The number of hydrogen-bond donors (Lipinski definition) is 0. The van der Waals surface area contributed by atoms with E-state index in [0.717, 1.165) is 5.92 Å². The average Bonchev–Trinajstić information content (AvgIpc) is 2.80. The highest BCUT2D eigenvalue weighted by Crippen LogP contribution is 2.60. The number of fused-ring (bicyclic) bond motifs is 3. The minimum Gasteiger partial charge on any atom is -0.465 e. The second kappa shape index (κ2) is 2.72. The lowest BCUT2D eigenvalue weighted by atomic mass is 9.71. The summed E-state index contributed by atoms with van der Waals surface area (Å²) in [5, 5.41) is 0. The van der Waals surface area contributed by atoms with Crippen molar-refractivity contribution in [2.75, 3.05) is 13.7 Å². The van der Waals surface area contributed by atoms with Crippen LogP contribution in [0.2, 0.25) is 0 Å². The van der Waals surface area contributed by atoms with Crippen molar-refractivity contribution in [2.45, 2.75) is 31.8 Å². The lowest BCUT2D eigenvalue weighted by molar-refractivity contribution is -0.137. The fraction of sp³-hybridized carbons (Fsp3) is 0.909. The van der Waals surface area contributed by atoms with Gasteiger partial charge < -0.3 is 9.47 Å². The van der Waals surface area contributed by atoms with Crippen LogP contribution < -0.4 is 0 Å². The molecular weight excluding hydrogens is 180 g/mol. The minimum atomic E-state index is -0.00703. The van der Waals surface area contributed by atoms with Gasteiger partial charge in [0.2, 0.25) is 0 Å². The summed E-state index contributed by atoms with van der Waals surface area (Å²) >= 11 is 0. The van der Waals surface area contributed by atoms with E-state index in [2.05, 4.69) is 0 Å². The van der Waals surface area contributed by atoms with Gasteiger partial charge in [-0.3, -0.25) is 4.79 Å². The van der Waals surface area contributed by atoms with Crippen molar-refractivity contribution < 1.29 is 14.3 Å². The number of carbonyl (C=O) groups is 1. The van der Waals surface area contributed by atoms with Crippen molar-refractivity contribution in [1.82, 2.24) is 0 Å². The molecular formula is C11H16O3. The summed E-state index contributed by atoms with van der Waals surface area (Å²) < 4.78 is 10.6. The summed E-state index contributed by atoms with van der Waals surface area (Å²) in [4.78, 5) is 11.2. The first-order valence-electron chi connectivity index (χ1n) is 5.42. The van der Waals surface area contributed by atoms with Crippen molar-refractivity contribution >= 4 is 5.97 Å². The topological polar surface area (TPSA) is 35.5 Å². The number of hydrogen-bond acceptors (Lipinski definition) is 3. The lowest BCUT2D eigenvalue weighted by Gasteiger charge is -2.35. The molecule has 14 heavy (non-hydrogen) atoms. The molecule has 2 bridgehead atoms. The van der Waals surface area contributed by atoms with E-state index in [9.17, 15) is 4.79 Å². The zero-order valence-electron chi connectivity index (χ0n) is 8.49. The van der Waals surface area contributed by atoms with Gasteiger partial charge >= 0.3 is 5.97 Å². The van der Waals surface area contributed by atoms with Gasteiger partial charge in [0.15, 0.2) is 0 Å². The first-order chi connectivity index (χ1) is 6.73. The van der Waals surface area contributed by atoms with Crippen LogP contribution in [0, 0.1) is 17.3 Å². The van der Waals surface area contributed by atoms with Gasteiger partial charge in [-0.1, -0.05) is 0 Å². The quantitative estimate of drug-likeness (QED) is 0.594. The molecule has 0 aromatic rings. The van der Waals surface area contributed by atoms with Crippen LogP contribution in [0.15, 0.2) is 0 Å².